The molecule has 1 fully saturated rings. The van der Waals surface area contributed by atoms with Crippen molar-refractivity contribution in [2.45, 2.75) is 32.4 Å². The van der Waals surface area contributed by atoms with Gasteiger partial charge in [-0.2, -0.15) is 0 Å². The van der Waals surface area contributed by atoms with Crippen molar-refractivity contribution >= 4 is 11.2 Å². The summed E-state index contributed by atoms with van der Waals surface area (Å²) in [6.07, 6.45) is 3.83. The van der Waals surface area contributed by atoms with Crippen LogP contribution in [0, 0.1) is 5.92 Å². The second-order valence-electron chi connectivity index (χ2n) is 5.81. The summed E-state index contributed by atoms with van der Waals surface area (Å²) in [5.74, 6) is -0.00999. The second kappa shape index (κ2) is 5.99. The standard InChI is InChI=1S/C15H21N3O3/c1-11-4-5-12(10-19)9-17(11)7-8-18-14-13(21-15(18)20)3-2-6-16-14/h2-3,6,11-12,19H,4-5,7-10H2,1H3. The maximum atomic E-state index is 11.9. The van der Waals surface area contributed by atoms with E-state index in [4.69, 9.17) is 4.42 Å². The molecule has 6 nitrogen and oxygen atoms in total. The van der Waals surface area contributed by atoms with Gasteiger partial charge in [-0.25, -0.2) is 9.78 Å². The highest BCUT2D eigenvalue weighted by atomic mass is 16.4. The highest BCUT2D eigenvalue weighted by Crippen LogP contribution is 2.21. The predicted octanol–water partition coefficient (Wildman–Crippen LogP) is 1.08. The lowest BCUT2D eigenvalue weighted by Gasteiger charge is -2.37. The van der Waals surface area contributed by atoms with E-state index in [2.05, 4.69) is 16.8 Å². The molecule has 1 saturated heterocycles. The van der Waals surface area contributed by atoms with E-state index in [0.29, 0.717) is 29.7 Å². The van der Waals surface area contributed by atoms with Crippen LogP contribution in [-0.4, -0.2) is 45.3 Å². The number of piperidine rings is 1. The fourth-order valence-electron chi connectivity index (χ4n) is 3.05. The normalized spacial score (nSPS) is 23.7. The van der Waals surface area contributed by atoms with Crippen LogP contribution in [-0.2, 0) is 6.54 Å². The molecule has 1 aliphatic heterocycles. The fourth-order valence-corrected chi connectivity index (χ4v) is 3.05. The summed E-state index contributed by atoms with van der Waals surface area (Å²) in [5, 5.41) is 9.33. The van der Waals surface area contributed by atoms with E-state index in [-0.39, 0.29) is 12.4 Å². The van der Waals surface area contributed by atoms with Gasteiger partial charge < -0.3 is 9.52 Å². The van der Waals surface area contributed by atoms with Crippen molar-refractivity contribution in [2.24, 2.45) is 5.92 Å². The van der Waals surface area contributed by atoms with Gasteiger partial charge in [0.25, 0.3) is 0 Å². The molecule has 0 aliphatic carbocycles. The van der Waals surface area contributed by atoms with Crippen molar-refractivity contribution in [1.29, 1.82) is 0 Å². The second-order valence-corrected chi connectivity index (χ2v) is 5.81. The first kappa shape index (κ1) is 14.3. The van der Waals surface area contributed by atoms with E-state index >= 15 is 0 Å². The topological polar surface area (TPSA) is 71.5 Å². The minimum absolute atomic E-state index is 0.235. The summed E-state index contributed by atoms with van der Waals surface area (Å²) in [7, 11) is 0. The van der Waals surface area contributed by atoms with Gasteiger partial charge in [-0.1, -0.05) is 0 Å². The average molecular weight is 291 g/mol. The highest BCUT2D eigenvalue weighted by molar-refractivity contribution is 5.67. The van der Waals surface area contributed by atoms with Crippen molar-refractivity contribution in [2.75, 3.05) is 19.7 Å². The van der Waals surface area contributed by atoms with Gasteiger partial charge in [0.2, 0.25) is 0 Å². The molecule has 2 aromatic rings. The van der Waals surface area contributed by atoms with Gasteiger partial charge in [-0.3, -0.25) is 9.47 Å². The monoisotopic (exact) mass is 291 g/mol. The Kier molecular flexibility index (Phi) is 4.07. The Balaban J connectivity index is 1.74. The molecule has 2 atom stereocenters. The zero-order chi connectivity index (χ0) is 14.8. The molecule has 6 heteroatoms. The lowest BCUT2D eigenvalue weighted by molar-refractivity contribution is 0.0798. The first-order chi connectivity index (χ1) is 10.2. The van der Waals surface area contributed by atoms with Crippen molar-refractivity contribution in [3.05, 3.63) is 28.9 Å². The molecule has 0 bridgehead atoms. The van der Waals surface area contributed by atoms with Crippen LogP contribution in [0.25, 0.3) is 11.2 Å². The first-order valence-electron chi connectivity index (χ1n) is 7.48. The van der Waals surface area contributed by atoms with E-state index in [9.17, 15) is 9.90 Å². The summed E-state index contributed by atoms with van der Waals surface area (Å²) < 4.78 is 6.78. The van der Waals surface area contributed by atoms with E-state index in [1.165, 1.54) is 0 Å². The Bertz CT molecular complexity index is 663. The number of aliphatic hydroxyl groups is 1. The summed E-state index contributed by atoms with van der Waals surface area (Å²) in [6.45, 7) is 4.64. The number of hydrogen-bond donors (Lipinski definition) is 1. The molecule has 2 unspecified atom stereocenters. The molecule has 114 valence electrons. The van der Waals surface area contributed by atoms with Crippen LogP contribution in [0.2, 0.25) is 0 Å². The molecule has 3 heterocycles. The number of oxazole rings is 1. The van der Waals surface area contributed by atoms with Gasteiger partial charge in [0.05, 0.1) is 0 Å². The molecular formula is C15H21N3O3. The fraction of sp³-hybridized carbons (Fsp3) is 0.600. The number of aliphatic hydroxyl groups excluding tert-OH is 1. The quantitative estimate of drug-likeness (QED) is 0.912. The van der Waals surface area contributed by atoms with Crippen LogP contribution >= 0.6 is 0 Å². The molecule has 0 amide bonds. The maximum Gasteiger partial charge on any atom is 0.421 e. The zero-order valence-corrected chi connectivity index (χ0v) is 12.2. The summed E-state index contributed by atoms with van der Waals surface area (Å²) in [6, 6.07) is 3.99. The average Bonchev–Trinajstić information content (AvgIpc) is 2.82. The van der Waals surface area contributed by atoms with Crippen LogP contribution in [0.15, 0.2) is 27.5 Å². The molecular weight excluding hydrogens is 270 g/mol. The molecule has 21 heavy (non-hydrogen) atoms. The van der Waals surface area contributed by atoms with Crippen molar-refractivity contribution < 1.29 is 9.52 Å². The lowest BCUT2D eigenvalue weighted by Crippen LogP contribution is -2.44. The summed E-state index contributed by atoms with van der Waals surface area (Å²) in [5.41, 5.74) is 1.13. The lowest BCUT2D eigenvalue weighted by atomic mass is 9.94. The Morgan fingerprint density at radius 2 is 2.29 bits per heavy atom. The minimum Gasteiger partial charge on any atom is -0.406 e. The molecule has 0 spiro atoms. The molecule has 2 aromatic heterocycles. The molecule has 3 rings (SSSR count). The van der Waals surface area contributed by atoms with Crippen LogP contribution < -0.4 is 5.76 Å². The van der Waals surface area contributed by atoms with Gasteiger partial charge in [-0.05, 0) is 37.8 Å². The van der Waals surface area contributed by atoms with Gasteiger partial charge >= 0.3 is 5.76 Å². The molecule has 0 radical (unpaired) electrons. The number of rotatable bonds is 4. The third-order valence-corrected chi connectivity index (χ3v) is 4.40. The number of hydrogen-bond acceptors (Lipinski definition) is 5. The summed E-state index contributed by atoms with van der Waals surface area (Å²) in [4.78, 5) is 18.5. The smallest absolute Gasteiger partial charge is 0.406 e. The minimum atomic E-state index is -0.355. The van der Waals surface area contributed by atoms with E-state index in [0.717, 1.165) is 25.9 Å². The van der Waals surface area contributed by atoms with E-state index in [1.807, 2.05) is 0 Å². The van der Waals surface area contributed by atoms with E-state index in [1.54, 1.807) is 22.9 Å². The third kappa shape index (κ3) is 2.87. The SMILES string of the molecule is CC1CCC(CO)CN1CCn1c(=O)oc2cccnc21. The maximum absolute atomic E-state index is 11.9. The zero-order valence-electron chi connectivity index (χ0n) is 12.2. The Morgan fingerprint density at radius 3 is 3.10 bits per heavy atom. The number of pyridine rings is 1. The number of aromatic nitrogens is 2. The molecule has 0 saturated carbocycles. The number of nitrogens with zero attached hydrogens (tertiary/aromatic N) is 3. The Morgan fingerprint density at radius 1 is 1.43 bits per heavy atom. The first-order valence-corrected chi connectivity index (χ1v) is 7.48. The number of likely N-dealkylation sites (tertiary alicyclic amines) is 1. The summed E-state index contributed by atoms with van der Waals surface area (Å²) >= 11 is 0. The van der Waals surface area contributed by atoms with Crippen molar-refractivity contribution in [1.82, 2.24) is 14.5 Å². The predicted molar refractivity (Wildman–Crippen MR) is 79.1 cm³/mol. The highest BCUT2D eigenvalue weighted by Gasteiger charge is 2.25. The van der Waals surface area contributed by atoms with Crippen molar-refractivity contribution in [3.8, 4) is 0 Å². The molecule has 0 aromatic carbocycles. The van der Waals surface area contributed by atoms with E-state index < -0.39 is 0 Å². The van der Waals surface area contributed by atoms with Gasteiger partial charge in [-0.15, -0.1) is 0 Å². The molecule has 1 N–H and O–H groups in total. The molecule has 1 aliphatic rings. The van der Waals surface area contributed by atoms with Crippen LogP contribution in [0.4, 0.5) is 0 Å². The Hall–Kier alpha value is -1.66. The Labute approximate surface area is 123 Å². The van der Waals surface area contributed by atoms with Gasteiger partial charge in [0.15, 0.2) is 11.2 Å². The largest absolute Gasteiger partial charge is 0.421 e. The van der Waals surface area contributed by atoms with Crippen LogP contribution in [0.5, 0.6) is 0 Å². The number of fused-ring (bicyclic) bond motifs is 1. The van der Waals surface area contributed by atoms with Crippen molar-refractivity contribution in [3.63, 3.8) is 0 Å². The van der Waals surface area contributed by atoms with Crippen LogP contribution in [0.3, 0.4) is 0 Å². The van der Waals surface area contributed by atoms with Gasteiger partial charge in [0, 0.05) is 38.5 Å². The third-order valence-electron chi connectivity index (χ3n) is 4.40. The van der Waals surface area contributed by atoms with Gasteiger partial charge in [0.1, 0.15) is 0 Å². The van der Waals surface area contributed by atoms with Crippen LogP contribution in [0.1, 0.15) is 19.8 Å².